The summed E-state index contributed by atoms with van der Waals surface area (Å²) in [6.07, 6.45) is 10.2. The summed E-state index contributed by atoms with van der Waals surface area (Å²) in [5.41, 5.74) is 2.89. The van der Waals surface area contributed by atoms with Crippen molar-refractivity contribution in [3.63, 3.8) is 0 Å². The van der Waals surface area contributed by atoms with Gasteiger partial charge in [0.2, 0.25) is 0 Å². The highest BCUT2D eigenvalue weighted by Gasteiger charge is 2.14. The number of benzene rings is 1. The van der Waals surface area contributed by atoms with Gasteiger partial charge in [-0.25, -0.2) is 4.98 Å². The van der Waals surface area contributed by atoms with Crippen molar-refractivity contribution in [1.29, 1.82) is 0 Å². The van der Waals surface area contributed by atoms with Crippen LogP contribution in [0.4, 0.5) is 0 Å². The normalized spacial score (nSPS) is 15.1. The molecule has 1 saturated heterocycles. The SMILES string of the molecule is O=C(NCCCN1CCCCC1)c1cn2ccnc(-c3ccccc3)c2n1. The molecule has 6 heteroatoms. The lowest BCUT2D eigenvalue weighted by Crippen LogP contribution is -2.33. The predicted molar refractivity (Wildman–Crippen MR) is 106 cm³/mol. The molecule has 0 saturated carbocycles. The van der Waals surface area contributed by atoms with Crippen LogP contribution in [0.15, 0.2) is 48.9 Å². The number of carbonyl (C=O) groups excluding carboxylic acids is 1. The van der Waals surface area contributed by atoms with E-state index in [4.69, 9.17) is 0 Å². The van der Waals surface area contributed by atoms with E-state index >= 15 is 0 Å². The summed E-state index contributed by atoms with van der Waals surface area (Å²) in [4.78, 5) is 24.0. The first-order valence-corrected chi connectivity index (χ1v) is 9.71. The fraction of sp³-hybridized carbons (Fsp3) is 0.381. The summed E-state index contributed by atoms with van der Waals surface area (Å²) in [6, 6.07) is 9.91. The number of nitrogens with zero attached hydrogens (tertiary/aromatic N) is 4. The molecule has 3 heterocycles. The maximum atomic E-state index is 12.5. The van der Waals surface area contributed by atoms with Gasteiger partial charge in [0.15, 0.2) is 5.65 Å². The number of hydrogen-bond donors (Lipinski definition) is 1. The fourth-order valence-corrected chi connectivity index (χ4v) is 3.61. The lowest BCUT2D eigenvalue weighted by atomic mass is 10.1. The summed E-state index contributed by atoms with van der Waals surface area (Å²) >= 11 is 0. The molecule has 1 N–H and O–H groups in total. The van der Waals surface area contributed by atoms with Gasteiger partial charge < -0.3 is 14.6 Å². The van der Waals surface area contributed by atoms with E-state index in [0.29, 0.717) is 17.9 Å². The van der Waals surface area contributed by atoms with Crippen LogP contribution in [0.2, 0.25) is 0 Å². The lowest BCUT2D eigenvalue weighted by molar-refractivity contribution is 0.0946. The molecule has 140 valence electrons. The van der Waals surface area contributed by atoms with Crippen LogP contribution in [0.25, 0.3) is 16.9 Å². The second kappa shape index (κ2) is 8.31. The summed E-state index contributed by atoms with van der Waals surface area (Å²) in [5.74, 6) is -0.128. The van der Waals surface area contributed by atoms with Gasteiger partial charge in [-0.1, -0.05) is 36.8 Å². The minimum absolute atomic E-state index is 0.128. The highest BCUT2D eigenvalue weighted by Crippen LogP contribution is 2.21. The average molecular weight is 363 g/mol. The smallest absolute Gasteiger partial charge is 0.271 e. The number of carbonyl (C=O) groups is 1. The Morgan fingerprint density at radius 3 is 2.74 bits per heavy atom. The maximum Gasteiger partial charge on any atom is 0.271 e. The first-order chi connectivity index (χ1) is 13.3. The van der Waals surface area contributed by atoms with E-state index in [0.717, 1.165) is 24.2 Å². The highest BCUT2D eigenvalue weighted by atomic mass is 16.1. The monoisotopic (exact) mass is 363 g/mol. The molecule has 0 unspecified atom stereocenters. The van der Waals surface area contributed by atoms with Crippen LogP contribution >= 0.6 is 0 Å². The van der Waals surface area contributed by atoms with Crippen LogP contribution in [0.1, 0.15) is 36.2 Å². The average Bonchev–Trinajstić information content (AvgIpc) is 3.17. The zero-order valence-corrected chi connectivity index (χ0v) is 15.5. The number of hydrogen-bond acceptors (Lipinski definition) is 4. The van der Waals surface area contributed by atoms with E-state index in [1.165, 1.54) is 32.4 Å². The molecule has 2 aromatic heterocycles. The molecule has 0 atom stereocenters. The first-order valence-electron chi connectivity index (χ1n) is 9.71. The van der Waals surface area contributed by atoms with Gasteiger partial charge >= 0.3 is 0 Å². The van der Waals surface area contributed by atoms with Crippen LogP contribution in [0, 0.1) is 0 Å². The molecule has 1 aliphatic rings. The lowest BCUT2D eigenvalue weighted by Gasteiger charge is -2.26. The number of rotatable bonds is 6. The van der Waals surface area contributed by atoms with Gasteiger partial charge in [-0.2, -0.15) is 0 Å². The summed E-state index contributed by atoms with van der Waals surface area (Å²) in [7, 11) is 0. The van der Waals surface area contributed by atoms with Gasteiger partial charge in [0.1, 0.15) is 11.4 Å². The molecule has 0 bridgehead atoms. The third-order valence-electron chi connectivity index (χ3n) is 5.04. The molecule has 0 aliphatic carbocycles. The molecule has 3 aromatic rings. The number of imidazole rings is 1. The van der Waals surface area contributed by atoms with Crippen LogP contribution in [-0.2, 0) is 0 Å². The van der Waals surface area contributed by atoms with Crippen LogP contribution in [0.5, 0.6) is 0 Å². The Morgan fingerprint density at radius 1 is 1.11 bits per heavy atom. The summed E-state index contributed by atoms with van der Waals surface area (Å²) < 4.78 is 1.86. The van der Waals surface area contributed by atoms with Gasteiger partial charge in [0.05, 0.1) is 0 Å². The van der Waals surface area contributed by atoms with Gasteiger partial charge in [0, 0.05) is 30.7 Å². The minimum atomic E-state index is -0.128. The maximum absolute atomic E-state index is 12.5. The van der Waals surface area contributed by atoms with Gasteiger partial charge in [0.25, 0.3) is 5.91 Å². The number of aromatic nitrogens is 3. The molecular formula is C21H25N5O. The van der Waals surface area contributed by atoms with Crippen LogP contribution in [0.3, 0.4) is 0 Å². The molecule has 6 nitrogen and oxygen atoms in total. The van der Waals surface area contributed by atoms with Crippen molar-refractivity contribution < 1.29 is 4.79 Å². The quantitative estimate of drug-likeness (QED) is 0.684. The molecule has 0 radical (unpaired) electrons. The molecule has 1 amide bonds. The van der Waals surface area contributed by atoms with E-state index in [1.807, 2.05) is 40.9 Å². The number of amides is 1. The minimum Gasteiger partial charge on any atom is -0.351 e. The Bertz CT molecular complexity index is 899. The van der Waals surface area contributed by atoms with Crippen molar-refractivity contribution in [3.8, 4) is 11.3 Å². The standard InChI is InChI=1S/C21H25N5O/c27-21(23-10-7-14-25-12-5-2-6-13-25)18-16-26-15-11-22-19(20(26)24-18)17-8-3-1-4-9-17/h1,3-4,8-9,11,15-16H,2,5-7,10,12-14H2,(H,23,27). The second-order valence-electron chi connectivity index (χ2n) is 7.01. The van der Waals surface area contributed by atoms with Crippen molar-refractivity contribution >= 4 is 11.6 Å². The Kier molecular flexibility index (Phi) is 5.44. The van der Waals surface area contributed by atoms with E-state index in [1.54, 1.807) is 12.4 Å². The number of fused-ring (bicyclic) bond motifs is 1. The Balaban J connectivity index is 1.40. The van der Waals surface area contributed by atoms with E-state index in [9.17, 15) is 4.79 Å². The third-order valence-corrected chi connectivity index (χ3v) is 5.04. The molecule has 27 heavy (non-hydrogen) atoms. The predicted octanol–water partition coefficient (Wildman–Crippen LogP) is 3.00. The zero-order chi connectivity index (χ0) is 18.5. The van der Waals surface area contributed by atoms with Gasteiger partial charge in [-0.15, -0.1) is 0 Å². The topological polar surface area (TPSA) is 62.5 Å². The number of likely N-dealkylation sites (tertiary alicyclic amines) is 1. The van der Waals surface area contributed by atoms with Crippen molar-refractivity contribution in [2.75, 3.05) is 26.2 Å². The molecule has 1 aliphatic heterocycles. The number of nitrogens with one attached hydrogen (secondary N) is 1. The van der Waals surface area contributed by atoms with Gasteiger partial charge in [-0.3, -0.25) is 9.78 Å². The molecule has 0 spiro atoms. The summed E-state index contributed by atoms with van der Waals surface area (Å²) in [6.45, 7) is 4.10. The Hall–Kier alpha value is -2.73. The summed E-state index contributed by atoms with van der Waals surface area (Å²) in [5, 5.41) is 3.00. The molecule has 1 fully saturated rings. The number of piperidine rings is 1. The van der Waals surface area contributed by atoms with Crippen molar-refractivity contribution in [2.45, 2.75) is 25.7 Å². The first kappa shape index (κ1) is 17.7. The van der Waals surface area contributed by atoms with Crippen molar-refractivity contribution in [3.05, 3.63) is 54.6 Å². The Labute approximate surface area is 159 Å². The zero-order valence-electron chi connectivity index (χ0n) is 15.5. The highest BCUT2D eigenvalue weighted by molar-refractivity contribution is 5.93. The largest absolute Gasteiger partial charge is 0.351 e. The third kappa shape index (κ3) is 4.17. The molecule has 4 rings (SSSR count). The fourth-order valence-electron chi connectivity index (χ4n) is 3.61. The van der Waals surface area contributed by atoms with E-state index in [2.05, 4.69) is 20.2 Å². The van der Waals surface area contributed by atoms with E-state index < -0.39 is 0 Å². The van der Waals surface area contributed by atoms with E-state index in [-0.39, 0.29) is 5.91 Å². The Morgan fingerprint density at radius 2 is 1.93 bits per heavy atom. The molecule has 1 aromatic carbocycles. The second-order valence-corrected chi connectivity index (χ2v) is 7.01. The molecular weight excluding hydrogens is 338 g/mol. The van der Waals surface area contributed by atoms with Crippen molar-refractivity contribution in [2.24, 2.45) is 0 Å². The van der Waals surface area contributed by atoms with Crippen molar-refractivity contribution in [1.82, 2.24) is 24.6 Å². The van der Waals surface area contributed by atoms with Crippen LogP contribution in [-0.4, -0.2) is 51.4 Å². The van der Waals surface area contributed by atoms with Gasteiger partial charge in [-0.05, 0) is 38.9 Å². The van der Waals surface area contributed by atoms with Crippen LogP contribution < -0.4 is 5.32 Å².